The zero-order valence-electron chi connectivity index (χ0n) is 10.5. The number of anilines is 1. The van der Waals surface area contributed by atoms with Crippen LogP contribution in [0.5, 0.6) is 0 Å². The highest BCUT2D eigenvalue weighted by Crippen LogP contribution is 2.18. The molecule has 6 nitrogen and oxygen atoms in total. The van der Waals surface area contributed by atoms with Gasteiger partial charge in [-0.3, -0.25) is 0 Å². The highest BCUT2D eigenvalue weighted by atomic mass is 16.6. The SMILES string of the molecule is CCN(CC1CCCN1)c1ccc([N+](=O)[O-])nc1. The Morgan fingerprint density at radius 2 is 2.44 bits per heavy atom. The van der Waals surface area contributed by atoms with Crippen LogP contribution in [0.1, 0.15) is 19.8 Å². The van der Waals surface area contributed by atoms with Gasteiger partial charge in [0.2, 0.25) is 0 Å². The lowest BCUT2D eigenvalue weighted by Gasteiger charge is -2.25. The van der Waals surface area contributed by atoms with Crippen LogP contribution in [0.4, 0.5) is 11.5 Å². The lowest BCUT2D eigenvalue weighted by atomic mass is 10.2. The van der Waals surface area contributed by atoms with E-state index in [0.717, 1.165) is 25.3 Å². The molecule has 2 rings (SSSR count). The molecule has 1 atom stereocenters. The summed E-state index contributed by atoms with van der Waals surface area (Å²) < 4.78 is 0. The highest BCUT2D eigenvalue weighted by molar-refractivity contribution is 5.46. The maximum atomic E-state index is 10.5. The standard InChI is InChI=1S/C12H18N4O2/c1-2-15(9-10-4-3-7-13-10)11-5-6-12(14-8-11)16(17)18/h5-6,8,10,13H,2-4,7,9H2,1H3. The van der Waals surface area contributed by atoms with Gasteiger partial charge in [-0.25, -0.2) is 0 Å². The Balaban J connectivity index is 2.04. The quantitative estimate of drug-likeness (QED) is 0.634. The van der Waals surface area contributed by atoms with E-state index in [9.17, 15) is 10.1 Å². The summed E-state index contributed by atoms with van der Waals surface area (Å²) >= 11 is 0. The summed E-state index contributed by atoms with van der Waals surface area (Å²) in [6.07, 6.45) is 3.99. The van der Waals surface area contributed by atoms with Crippen LogP contribution in [-0.4, -0.2) is 35.6 Å². The summed E-state index contributed by atoms with van der Waals surface area (Å²) in [5, 5.41) is 14.0. The molecule has 1 aliphatic rings. The van der Waals surface area contributed by atoms with E-state index < -0.39 is 4.92 Å². The van der Waals surface area contributed by atoms with Crippen LogP contribution < -0.4 is 10.2 Å². The van der Waals surface area contributed by atoms with Crippen molar-refractivity contribution in [3.05, 3.63) is 28.4 Å². The number of nitrogens with zero attached hydrogens (tertiary/aromatic N) is 3. The summed E-state index contributed by atoms with van der Waals surface area (Å²) in [7, 11) is 0. The molecule has 0 aliphatic carbocycles. The average Bonchev–Trinajstić information content (AvgIpc) is 2.89. The van der Waals surface area contributed by atoms with Gasteiger partial charge in [-0.05, 0) is 42.3 Å². The number of aromatic nitrogens is 1. The van der Waals surface area contributed by atoms with Crippen LogP contribution in [0.25, 0.3) is 0 Å². The lowest BCUT2D eigenvalue weighted by molar-refractivity contribution is -0.389. The average molecular weight is 250 g/mol. The van der Waals surface area contributed by atoms with E-state index in [-0.39, 0.29) is 5.82 Å². The monoisotopic (exact) mass is 250 g/mol. The summed E-state index contributed by atoms with van der Waals surface area (Å²) in [4.78, 5) is 16.1. The molecule has 0 amide bonds. The molecular weight excluding hydrogens is 232 g/mol. The summed E-state index contributed by atoms with van der Waals surface area (Å²) in [6, 6.07) is 3.74. The second-order valence-corrected chi connectivity index (χ2v) is 4.46. The molecule has 1 N–H and O–H groups in total. The zero-order valence-corrected chi connectivity index (χ0v) is 10.5. The van der Waals surface area contributed by atoms with E-state index in [1.807, 2.05) is 0 Å². The minimum atomic E-state index is -0.474. The molecule has 1 aromatic heterocycles. The molecule has 1 fully saturated rings. The number of pyridine rings is 1. The van der Waals surface area contributed by atoms with Crippen molar-refractivity contribution < 1.29 is 4.92 Å². The van der Waals surface area contributed by atoms with Gasteiger partial charge in [0.1, 0.15) is 0 Å². The molecule has 0 radical (unpaired) electrons. The minimum absolute atomic E-state index is 0.103. The first-order chi connectivity index (χ1) is 8.70. The molecular formula is C12H18N4O2. The number of hydrogen-bond donors (Lipinski definition) is 1. The first-order valence-corrected chi connectivity index (χ1v) is 6.29. The summed E-state index contributed by atoms with van der Waals surface area (Å²) in [5.74, 6) is -0.103. The summed E-state index contributed by atoms with van der Waals surface area (Å²) in [6.45, 7) is 4.96. The third kappa shape index (κ3) is 2.95. The number of nitrogens with one attached hydrogen (secondary N) is 1. The maximum absolute atomic E-state index is 10.5. The van der Waals surface area contributed by atoms with E-state index >= 15 is 0 Å². The van der Waals surface area contributed by atoms with Crippen molar-refractivity contribution >= 4 is 11.5 Å². The third-order valence-electron chi connectivity index (χ3n) is 3.27. The van der Waals surface area contributed by atoms with Gasteiger partial charge < -0.3 is 20.3 Å². The van der Waals surface area contributed by atoms with Gasteiger partial charge in [0, 0.05) is 25.2 Å². The molecule has 0 aromatic carbocycles. The Morgan fingerprint density at radius 3 is 2.94 bits per heavy atom. The largest absolute Gasteiger partial charge is 0.367 e. The number of nitro groups is 1. The topological polar surface area (TPSA) is 71.3 Å². The Morgan fingerprint density at radius 1 is 1.61 bits per heavy atom. The van der Waals surface area contributed by atoms with Crippen molar-refractivity contribution in [3.8, 4) is 0 Å². The molecule has 1 saturated heterocycles. The van der Waals surface area contributed by atoms with Gasteiger partial charge in [-0.2, -0.15) is 0 Å². The van der Waals surface area contributed by atoms with Crippen molar-refractivity contribution in [2.24, 2.45) is 0 Å². The van der Waals surface area contributed by atoms with Crippen LogP contribution in [0.15, 0.2) is 18.3 Å². The minimum Gasteiger partial charge on any atom is -0.367 e. The van der Waals surface area contributed by atoms with Crippen LogP contribution in [0, 0.1) is 10.1 Å². The van der Waals surface area contributed by atoms with Crippen LogP contribution in [0.2, 0.25) is 0 Å². The fourth-order valence-electron chi connectivity index (χ4n) is 2.27. The number of hydrogen-bond acceptors (Lipinski definition) is 5. The van der Waals surface area contributed by atoms with Gasteiger partial charge in [0.15, 0.2) is 6.20 Å². The van der Waals surface area contributed by atoms with E-state index in [0.29, 0.717) is 6.04 Å². The molecule has 0 saturated carbocycles. The van der Waals surface area contributed by atoms with E-state index in [4.69, 9.17) is 0 Å². The molecule has 2 heterocycles. The van der Waals surface area contributed by atoms with Crippen molar-refractivity contribution in [1.29, 1.82) is 0 Å². The van der Waals surface area contributed by atoms with Crippen molar-refractivity contribution in [3.63, 3.8) is 0 Å². The van der Waals surface area contributed by atoms with E-state index in [2.05, 4.69) is 22.1 Å². The fourth-order valence-corrected chi connectivity index (χ4v) is 2.27. The maximum Gasteiger partial charge on any atom is 0.363 e. The van der Waals surface area contributed by atoms with Crippen molar-refractivity contribution in [2.45, 2.75) is 25.8 Å². The summed E-state index contributed by atoms with van der Waals surface area (Å²) in [5.41, 5.74) is 0.941. The lowest BCUT2D eigenvalue weighted by Crippen LogP contribution is -2.37. The van der Waals surface area contributed by atoms with Gasteiger partial charge in [-0.1, -0.05) is 0 Å². The van der Waals surface area contributed by atoms with E-state index in [1.54, 1.807) is 12.3 Å². The fraction of sp³-hybridized carbons (Fsp3) is 0.583. The van der Waals surface area contributed by atoms with Crippen molar-refractivity contribution in [1.82, 2.24) is 10.3 Å². The van der Waals surface area contributed by atoms with Crippen LogP contribution in [0.3, 0.4) is 0 Å². The smallest absolute Gasteiger partial charge is 0.363 e. The Labute approximate surface area is 106 Å². The second-order valence-electron chi connectivity index (χ2n) is 4.46. The third-order valence-corrected chi connectivity index (χ3v) is 3.27. The predicted molar refractivity (Wildman–Crippen MR) is 69.8 cm³/mol. The predicted octanol–water partition coefficient (Wildman–Crippen LogP) is 1.57. The molecule has 1 aromatic rings. The molecule has 0 bridgehead atoms. The number of likely N-dealkylation sites (N-methyl/N-ethyl adjacent to an activating group) is 1. The normalized spacial score (nSPS) is 18.8. The molecule has 0 spiro atoms. The highest BCUT2D eigenvalue weighted by Gasteiger charge is 2.18. The first kappa shape index (κ1) is 12.8. The van der Waals surface area contributed by atoms with E-state index in [1.165, 1.54) is 18.9 Å². The van der Waals surface area contributed by atoms with Gasteiger partial charge in [-0.15, -0.1) is 0 Å². The van der Waals surface area contributed by atoms with Gasteiger partial charge in [0.05, 0.1) is 5.69 Å². The van der Waals surface area contributed by atoms with Crippen LogP contribution >= 0.6 is 0 Å². The van der Waals surface area contributed by atoms with Gasteiger partial charge in [0.25, 0.3) is 0 Å². The second kappa shape index (κ2) is 5.77. The zero-order chi connectivity index (χ0) is 13.0. The number of rotatable bonds is 5. The Bertz CT molecular complexity index is 401. The first-order valence-electron chi connectivity index (χ1n) is 6.29. The molecule has 18 heavy (non-hydrogen) atoms. The van der Waals surface area contributed by atoms with Crippen molar-refractivity contribution in [2.75, 3.05) is 24.5 Å². The molecule has 1 aliphatic heterocycles. The Kier molecular flexibility index (Phi) is 4.09. The van der Waals surface area contributed by atoms with Gasteiger partial charge >= 0.3 is 5.82 Å². The Hall–Kier alpha value is -1.69. The molecule has 1 unspecified atom stereocenters. The molecule has 6 heteroatoms. The van der Waals surface area contributed by atoms with Crippen LogP contribution in [-0.2, 0) is 0 Å². The molecule has 98 valence electrons.